The van der Waals surface area contributed by atoms with Crippen LogP contribution in [-0.4, -0.2) is 99.6 Å². The van der Waals surface area contributed by atoms with Crippen LogP contribution in [0.2, 0.25) is 0 Å². The van der Waals surface area contributed by atoms with E-state index in [4.69, 9.17) is 14.2 Å². The Morgan fingerprint density at radius 1 is 0.469 bits per heavy atom. The molecule has 0 spiro atoms. The van der Waals surface area contributed by atoms with Crippen LogP contribution in [0.25, 0.3) is 0 Å². The number of carbonyl (C=O) groups excluding carboxylic acids is 2. The summed E-state index contributed by atoms with van der Waals surface area (Å²) >= 11 is 0. The summed E-state index contributed by atoms with van der Waals surface area (Å²) in [5.74, 6) is -1.20. The molecular formula is C70H131NO10. The number of rotatable bonds is 60. The fourth-order valence-electron chi connectivity index (χ4n) is 11.0. The first-order valence-electron chi connectivity index (χ1n) is 34.8. The predicted molar refractivity (Wildman–Crippen MR) is 338 cm³/mol. The molecule has 1 rings (SSSR count). The van der Waals surface area contributed by atoms with E-state index in [0.717, 1.165) is 64.2 Å². The molecule has 6 N–H and O–H groups in total. The Balaban J connectivity index is 2.55. The molecule has 1 amide bonds. The third-order valence-corrected chi connectivity index (χ3v) is 16.5. The quantitative estimate of drug-likeness (QED) is 0.0195. The minimum absolute atomic E-state index is 0.106. The molecule has 1 heterocycles. The van der Waals surface area contributed by atoms with Crippen LogP contribution in [0.1, 0.15) is 335 Å². The lowest BCUT2D eigenvalue weighted by Gasteiger charge is -2.41. The van der Waals surface area contributed by atoms with Crippen LogP contribution in [0.3, 0.4) is 0 Å². The van der Waals surface area contributed by atoms with Crippen LogP contribution in [0.5, 0.6) is 0 Å². The second-order valence-electron chi connectivity index (χ2n) is 24.3. The number of hydrogen-bond acceptors (Lipinski definition) is 10. The molecule has 1 aliphatic heterocycles. The van der Waals surface area contributed by atoms with E-state index in [1.165, 1.54) is 225 Å². The van der Waals surface area contributed by atoms with Crippen molar-refractivity contribution in [2.24, 2.45) is 0 Å². The Bertz CT molecular complexity index is 1460. The number of unbranched alkanes of at least 4 members (excludes halogenated alkanes) is 42. The van der Waals surface area contributed by atoms with Gasteiger partial charge in [-0.2, -0.15) is 0 Å². The van der Waals surface area contributed by atoms with E-state index < -0.39 is 67.4 Å². The molecule has 0 aromatic rings. The number of aliphatic hydroxyl groups excluding tert-OH is 5. The van der Waals surface area contributed by atoms with E-state index in [1.807, 2.05) is 6.08 Å². The summed E-state index contributed by atoms with van der Waals surface area (Å²) in [5, 5.41) is 57.1. The highest BCUT2D eigenvalue weighted by atomic mass is 16.7. The van der Waals surface area contributed by atoms with Gasteiger partial charge in [-0.3, -0.25) is 9.59 Å². The maximum Gasteiger partial charge on any atom is 0.306 e. The minimum Gasteiger partial charge on any atom is -0.454 e. The van der Waals surface area contributed by atoms with Crippen molar-refractivity contribution >= 4 is 11.9 Å². The van der Waals surface area contributed by atoms with Crippen molar-refractivity contribution in [3.05, 3.63) is 36.5 Å². The Labute approximate surface area is 498 Å². The van der Waals surface area contributed by atoms with Gasteiger partial charge in [0.25, 0.3) is 0 Å². The molecule has 81 heavy (non-hydrogen) atoms. The van der Waals surface area contributed by atoms with Crippen molar-refractivity contribution in [2.45, 2.75) is 384 Å². The third kappa shape index (κ3) is 45.9. The smallest absolute Gasteiger partial charge is 0.306 e. The molecule has 11 nitrogen and oxygen atoms in total. The predicted octanol–water partition coefficient (Wildman–Crippen LogP) is 17.4. The van der Waals surface area contributed by atoms with Gasteiger partial charge in [-0.25, -0.2) is 0 Å². The Hall–Kier alpha value is -2.12. The van der Waals surface area contributed by atoms with E-state index in [1.54, 1.807) is 6.08 Å². The van der Waals surface area contributed by atoms with E-state index >= 15 is 0 Å². The summed E-state index contributed by atoms with van der Waals surface area (Å²) in [5.41, 5.74) is 0. The normalized spacial score (nSPS) is 18.8. The number of nitrogens with one attached hydrogen (secondary N) is 1. The number of carbonyl (C=O) groups is 2. The average molecular weight is 1150 g/mol. The highest BCUT2D eigenvalue weighted by Gasteiger charge is 2.47. The Kier molecular flexibility index (Phi) is 55.3. The standard InChI is InChI=1S/C70H131NO10/c1-4-7-10-13-16-19-22-25-27-28-29-30-31-32-33-34-35-36-37-38-39-42-45-48-51-54-57-63(74)69(78)71-61(62(73)56-53-50-47-44-41-24-21-18-15-12-9-6-3)60-79-70-68(67(77)66(76)64(59-72)80-70)81-65(75)58-55-52-49-46-43-40-26-23-20-17-14-11-8-5-2/h25,27,40,43,53,56,61-64,66-68,70,72-74,76-77H,4-24,26,28-39,41-42,44-52,54-55,57-60H2,1-3H3,(H,71,78)/b27-25+,43-40-,56-53+. The van der Waals surface area contributed by atoms with Crippen molar-refractivity contribution < 1.29 is 49.3 Å². The first-order valence-corrected chi connectivity index (χ1v) is 34.8. The van der Waals surface area contributed by atoms with Gasteiger partial charge in [-0.05, 0) is 77.0 Å². The summed E-state index contributed by atoms with van der Waals surface area (Å²) in [4.78, 5) is 26.6. The highest BCUT2D eigenvalue weighted by molar-refractivity contribution is 5.80. The van der Waals surface area contributed by atoms with Crippen LogP contribution in [0.4, 0.5) is 0 Å². The van der Waals surface area contributed by atoms with Gasteiger partial charge in [0, 0.05) is 6.42 Å². The van der Waals surface area contributed by atoms with Gasteiger partial charge in [-0.15, -0.1) is 0 Å². The Morgan fingerprint density at radius 3 is 1.20 bits per heavy atom. The van der Waals surface area contributed by atoms with Crippen molar-refractivity contribution in [1.29, 1.82) is 0 Å². The minimum atomic E-state index is -1.62. The fourth-order valence-corrected chi connectivity index (χ4v) is 11.0. The van der Waals surface area contributed by atoms with Gasteiger partial charge in [0.1, 0.15) is 24.4 Å². The zero-order valence-corrected chi connectivity index (χ0v) is 52.9. The molecule has 476 valence electrons. The molecule has 0 bridgehead atoms. The molecule has 11 heteroatoms. The molecule has 0 aliphatic carbocycles. The molecular weight excluding hydrogens is 1010 g/mol. The van der Waals surface area contributed by atoms with E-state index in [2.05, 4.69) is 50.4 Å². The zero-order valence-electron chi connectivity index (χ0n) is 52.9. The van der Waals surface area contributed by atoms with Crippen LogP contribution in [0, 0.1) is 0 Å². The molecule has 1 aliphatic rings. The van der Waals surface area contributed by atoms with Gasteiger partial charge in [0.15, 0.2) is 12.4 Å². The van der Waals surface area contributed by atoms with Crippen LogP contribution >= 0.6 is 0 Å². The lowest BCUT2D eigenvalue weighted by atomic mass is 9.99. The van der Waals surface area contributed by atoms with Crippen molar-refractivity contribution in [3.63, 3.8) is 0 Å². The molecule has 0 radical (unpaired) electrons. The Morgan fingerprint density at radius 2 is 0.815 bits per heavy atom. The SMILES string of the molecule is CCCCCCCC/C=C/CCCCCCCCCCCCCCCCCCC(O)C(=O)NC(COC1OC(CO)C(O)C(O)C1OC(=O)CCCCC/C=C\CCCCCCCCC)C(O)/C=C/CCCCCCCCCCCC. The molecule has 0 aromatic heterocycles. The topological polar surface area (TPSA) is 175 Å². The van der Waals surface area contributed by atoms with Crippen molar-refractivity contribution in [2.75, 3.05) is 13.2 Å². The van der Waals surface area contributed by atoms with E-state index in [9.17, 15) is 35.1 Å². The largest absolute Gasteiger partial charge is 0.454 e. The second-order valence-corrected chi connectivity index (χ2v) is 24.3. The lowest BCUT2D eigenvalue weighted by molar-refractivity contribution is -0.305. The molecule has 1 saturated heterocycles. The first-order chi connectivity index (χ1) is 39.7. The van der Waals surface area contributed by atoms with Gasteiger partial charge in [-0.1, -0.05) is 288 Å². The fraction of sp³-hybridized carbons (Fsp3) is 0.886. The van der Waals surface area contributed by atoms with E-state index in [0.29, 0.717) is 19.3 Å². The van der Waals surface area contributed by atoms with Gasteiger partial charge < -0.3 is 45.1 Å². The monoisotopic (exact) mass is 1150 g/mol. The molecule has 0 aromatic carbocycles. The van der Waals surface area contributed by atoms with Crippen LogP contribution in [-0.2, 0) is 23.8 Å². The molecule has 0 saturated carbocycles. The van der Waals surface area contributed by atoms with Crippen LogP contribution in [0.15, 0.2) is 36.5 Å². The number of hydrogen-bond donors (Lipinski definition) is 6. The number of aliphatic hydroxyl groups is 5. The summed E-state index contributed by atoms with van der Waals surface area (Å²) in [6.45, 7) is 5.81. The third-order valence-electron chi connectivity index (χ3n) is 16.5. The number of esters is 1. The molecule has 8 unspecified atom stereocenters. The number of ether oxygens (including phenoxy) is 3. The van der Waals surface area contributed by atoms with Crippen molar-refractivity contribution in [3.8, 4) is 0 Å². The summed E-state index contributed by atoms with van der Waals surface area (Å²) in [7, 11) is 0. The second kappa shape index (κ2) is 58.3. The molecule has 8 atom stereocenters. The zero-order chi connectivity index (χ0) is 58.9. The lowest BCUT2D eigenvalue weighted by Crippen LogP contribution is -2.61. The number of allylic oxidation sites excluding steroid dienone is 5. The maximum atomic E-state index is 13.5. The average Bonchev–Trinajstić information content (AvgIpc) is 3.48. The van der Waals surface area contributed by atoms with E-state index in [-0.39, 0.29) is 13.0 Å². The summed E-state index contributed by atoms with van der Waals surface area (Å²) in [6, 6.07) is -1.02. The molecule has 1 fully saturated rings. The first kappa shape index (κ1) is 76.9. The summed E-state index contributed by atoms with van der Waals surface area (Å²) in [6.07, 6.45) is 60.6. The van der Waals surface area contributed by atoms with Gasteiger partial charge >= 0.3 is 5.97 Å². The van der Waals surface area contributed by atoms with Crippen LogP contribution < -0.4 is 5.32 Å². The van der Waals surface area contributed by atoms with Gasteiger partial charge in [0.2, 0.25) is 5.91 Å². The number of amides is 1. The van der Waals surface area contributed by atoms with Crippen molar-refractivity contribution in [1.82, 2.24) is 5.32 Å². The van der Waals surface area contributed by atoms with Gasteiger partial charge in [0.05, 0.1) is 25.4 Å². The maximum absolute atomic E-state index is 13.5. The highest BCUT2D eigenvalue weighted by Crippen LogP contribution is 2.26. The summed E-state index contributed by atoms with van der Waals surface area (Å²) < 4.78 is 17.6.